The number of rotatable bonds is 10. The van der Waals surface area contributed by atoms with E-state index in [2.05, 4.69) is 5.32 Å². The SMILES string of the molecule is CCCCCNC(=O)CN(CC(=O)O)CC(=O)O. The maximum Gasteiger partial charge on any atom is 0.317 e. The molecule has 0 aromatic heterocycles. The summed E-state index contributed by atoms with van der Waals surface area (Å²) in [6.07, 6.45) is 2.91. The summed E-state index contributed by atoms with van der Waals surface area (Å²) in [6, 6.07) is 0. The van der Waals surface area contributed by atoms with Crippen molar-refractivity contribution in [2.75, 3.05) is 26.2 Å². The first kappa shape index (κ1) is 16.4. The summed E-state index contributed by atoms with van der Waals surface area (Å²) in [4.78, 5) is 33.5. The lowest BCUT2D eigenvalue weighted by molar-refractivity contribution is -0.142. The number of nitrogens with zero attached hydrogens (tertiary/aromatic N) is 1. The maximum absolute atomic E-state index is 11.4. The van der Waals surface area contributed by atoms with Crippen LogP contribution in [0, 0.1) is 0 Å². The Morgan fingerprint density at radius 2 is 1.56 bits per heavy atom. The number of unbranched alkanes of at least 4 members (excludes halogenated alkanes) is 2. The van der Waals surface area contributed by atoms with Crippen molar-refractivity contribution in [2.45, 2.75) is 26.2 Å². The molecule has 18 heavy (non-hydrogen) atoms. The third-order valence-corrected chi connectivity index (χ3v) is 2.19. The van der Waals surface area contributed by atoms with Crippen molar-refractivity contribution in [1.82, 2.24) is 10.2 Å². The Morgan fingerprint density at radius 1 is 1.00 bits per heavy atom. The van der Waals surface area contributed by atoms with Crippen molar-refractivity contribution in [1.29, 1.82) is 0 Å². The molecule has 0 spiro atoms. The second kappa shape index (κ2) is 9.41. The number of hydrogen-bond donors (Lipinski definition) is 3. The van der Waals surface area contributed by atoms with Gasteiger partial charge in [-0.25, -0.2) is 0 Å². The summed E-state index contributed by atoms with van der Waals surface area (Å²) < 4.78 is 0. The topological polar surface area (TPSA) is 107 Å². The third kappa shape index (κ3) is 9.59. The van der Waals surface area contributed by atoms with E-state index in [-0.39, 0.29) is 12.5 Å². The molecule has 0 heterocycles. The van der Waals surface area contributed by atoms with Crippen LogP contribution in [0.2, 0.25) is 0 Å². The highest BCUT2D eigenvalue weighted by atomic mass is 16.4. The fourth-order valence-electron chi connectivity index (χ4n) is 1.41. The molecular weight excluding hydrogens is 240 g/mol. The van der Waals surface area contributed by atoms with Crippen LogP contribution in [0.25, 0.3) is 0 Å². The predicted octanol–water partition coefficient (Wildman–Crippen LogP) is -0.236. The Morgan fingerprint density at radius 3 is 2.00 bits per heavy atom. The largest absolute Gasteiger partial charge is 0.480 e. The van der Waals surface area contributed by atoms with Crippen LogP contribution < -0.4 is 5.32 Å². The summed E-state index contributed by atoms with van der Waals surface area (Å²) in [7, 11) is 0. The molecule has 0 atom stereocenters. The first-order valence-corrected chi connectivity index (χ1v) is 5.88. The van der Waals surface area contributed by atoms with Crippen molar-refractivity contribution in [3.05, 3.63) is 0 Å². The summed E-state index contributed by atoms with van der Waals surface area (Å²) in [5, 5.41) is 19.8. The van der Waals surface area contributed by atoms with Crippen molar-refractivity contribution in [3.63, 3.8) is 0 Å². The Hall–Kier alpha value is -1.63. The second-order valence-electron chi connectivity index (χ2n) is 3.99. The smallest absolute Gasteiger partial charge is 0.317 e. The van der Waals surface area contributed by atoms with E-state index < -0.39 is 25.0 Å². The van der Waals surface area contributed by atoms with E-state index in [1.807, 2.05) is 6.92 Å². The highest BCUT2D eigenvalue weighted by molar-refractivity contribution is 5.80. The van der Waals surface area contributed by atoms with Gasteiger partial charge < -0.3 is 15.5 Å². The molecule has 0 unspecified atom stereocenters. The third-order valence-electron chi connectivity index (χ3n) is 2.19. The molecule has 0 aliphatic carbocycles. The van der Waals surface area contributed by atoms with E-state index in [0.29, 0.717) is 6.54 Å². The predicted molar refractivity (Wildman–Crippen MR) is 64.2 cm³/mol. The van der Waals surface area contributed by atoms with Crippen LogP contribution in [0.5, 0.6) is 0 Å². The van der Waals surface area contributed by atoms with Gasteiger partial charge >= 0.3 is 11.9 Å². The molecular formula is C11H20N2O5. The summed E-state index contributed by atoms with van der Waals surface area (Å²) in [5.41, 5.74) is 0. The van der Waals surface area contributed by atoms with Crippen molar-refractivity contribution < 1.29 is 24.6 Å². The number of carboxylic acid groups (broad SMARTS) is 2. The van der Waals surface area contributed by atoms with Crippen LogP contribution >= 0.6 is 0 Å². The van der Waals surface area contributed by atoms with E-state index >= 15 is 0 Å². The average Bonchev–Trinajstić information content (AvgIpc) is 2.22. The highest BCUT2D eigenvalue weighted by Gasteiger charge is 2.16. The van der Waals surface area contributed by atoms with E-state index in [1.165, 1.54) is 0 Å². The molecule has 0 fully saturated rings. The summed E-state index contributed by atoms with van der Waals surface area (Å²) in [5.74, 6) is -2.67. The number of carbonyl (C=O) groups is 3. The number of amides is 1. The molecule has 0 rings (SSSR count). The van der Waals surface area contributed by atoms with Crippen molar-refractivity contribution in [2.24, 2.45) is 0 Å². The number of hydrogen-bond acceptors (Lipinski definition) is 4. The molecule has 0 aliphatic heterocycles. The van der Waals surface area contributed by atoms with E-state index in [4.69, 9.17) is 10.2 Å². The van der Waals surface area contributed by atoms with Gasteiger partial charge in [0.15, 0.2) is 0 Å². The maximum atomic E-state index is 11.4. The van der Waals surface area contributed by atoms with Crippen LogP contribution in [0.1, 0.15) is 26.2 Å². The molecule has 0 bridgehead atoms. The fraction of sp³-hybridized carbons (Fsp3) is 0.727. The van der Waals surface area contributed by atoms with Gasteiger partial charge in [-0.1, -0.05) is 19.8 Å². The molecule has 0 saturated carbocycles. The van der Waals surface area contributed by atoms with Gasteiger partial charge in [-0.3, -0.25) is 19.3 Å². The van der Waals surface area contributed by atoms with Gasteiger partial charge in [-0.15, -0.1) is 0 Å². The Kier molecular flexibility index (Phi) is 8.55. The molecule has 7 nitrogen and oxygen atoms in total. The molecule has 0 aliphatic rings. The van der Waals surface area contributed by atoms with Gasteiger partial charge in [-0.2, -0.15) is 0 Å². The van der Waals surface area contributed by atoms with E-state index in [1.54, 1.807) is 0 Å². The zero-order chi connectivity index (χ0) is 14.0. The minimum absolute atomic E-state index is 0.218. The van der Waals surface area contributed by atoms with E-state index in [9.17, 15) is 14.4 Å². The van der Waals surface area contributed by atoms with Gasteiger partial charge in [-0.05, 0) is 6.42 Å². The van der Waals surface area contributed by atoms with Gasteiger partial charge in [0.2, 0.25) is 5.91 Å². The second-order valence-corrected chi connectivity index (χ2v) is 3.99. The number of carboxylic acids is 2. The number of nitrogens with one attached hydrogen (secondary N) is 1. The molecule has 0 aromatic carbocycles. The monoisotopic (exact) mass is 260 g/mol. The molecule has 0 radical (unpaired) electrons. The normalized spacial score (nSPS) is 10.3. The van der Waals surface area contributed by atoms with Crippen molar-refractivity contribution >= 4 is 17.8 Å². The van der Waals surface area contributed by atoms with Crippen molar-refractivity contribution in [3.8, 4) is 0 Å². The zero-order valence-electron chi connectivity index (χ0n) is 10.5. The van der Waals surface area contributed by atoms with Crippen LogP contribution in [-0.4, -0.2) is 59.1 Å². The molecule has 0 saturated heterocycles. The Labute approximate surface area is 106 Å². The molecule has 3 N–H and O–H groups in total. The number of carbonyl (C=O) groups excluding carboxylic acids is 1. The van der Waals surface area contributed by atoms with Crippen LogP contribution in [0.4, 0.5) is 0 Å². The minimum atomic E-state index is -1.16. The Balaban J connectivity index is 4.01. The van der Waals surface area contributed by atoms with Gasteiger partial charge in [0.25, 0.3) is 0 Å². The fourth-order valence-corrected chi connectivity index (χ4v) is 1.41. The average molecular weight is 260 g/mol. The lowest BCUT2D eigenvalue weighted by Crippen LogP contribution is -2.42. The highest BCUT2D eigenvalue weighted by Crippen LogP contribution is 1.92. The first-order valence-electron chi connectivity index (χ1n) is 5.88. The van der Waals surface area contributed by atoms with E-state index in [0.717, 1.165) is 24.2 Å². The Bertz CT molecular complexity index is 277. The standard InChI is InChI=1S/C11H20N2O5/c1-2-3-4-5-12-9(14)6-13(7-10(15)16)8-11(17)18/h2-8H2,1H3,(H,12,14)(H,15,16)(H,17,18). The molecule has 0 aromatic rings. The quantitative estimate of drug-likeness (QED) is 0.468. The molecule has 1 amide bonds. The van der Waals surface area contributed by atoms with Gasteiger partial charge in [0.05, 0.1) is 19.6 Å². The summed E-state index contributed by atoms with van der Waals surface area (Å²) >= 11 is 0. The van der Waals surface area contributed by atoms with Crippen LogP contribution in [0.3, 0.4) is 0 Å². The van der Waals surface area contributed by atoms with Crippen LogP contribution in [0.15, 0.2) is 0 Å². The summed E-state index contributed by atoms with van der Waals surface area (Å²) in [6.45, 7) is 1.43. The zero-order valence-corrected chi connectivity index (χ0v) is 10.5. The molecule has 7 heteroatoms. The molecule has 104 valence electrons. The lowest BCUT2D eigenvalue weighted by Gasteiger charge is -2.17. The number of aliphatic carboxylic acids is 2. The first-order chi connectivity index (χ1) is 8.45. The van der Waals surface area contributed by atoms with Gasteiger partial charge in [0, 0.05) is 6.54 Å². The lowest BCUT2D eigenvalue weighted by atomic mass is 10.2. The van der Waals surface area contributed by atoms with Gasteiger partial charge in [0.1, 0.15) is 0 Å². The minimum Gasteiger partial charge on any atom is -0.480 e. The van der Waals surface area contributed by atoms with Crippen LogP contribution in [-0.2, 0) is 14.4 Å².